The van der Waals surface area contributed by atoms with Gasteiger partial charge in [0.1, 0.15) is 23.0 Å². The molecule has 11 nitrogen and oxygen atoms in total. The summed E-state index contributed by atoms with van der Waals surface area (Å²) in [5.74, 6) is 1.05. The summed E-state index contributed by atoms with van der Waals surface area (Å²) < 4.78 is 32.8. The summed E-state index contributed by atoms with van der Waals surface area (Å²) in [6.45, 7) is 4.04. The SMILES string of the molecule is CC(C)n1cc(NC(=O)Nc2ccc(Oc3ccnc(NS(C)(=O)=O)c3)cc2)c(-c2ccc3cnccc3c2)n1. The van der Waals surface area contributed by atoms with Crippen molar-refractivity contribution in [2.75, 3.05) is 21.6 Å². The Balaban J connectivity index is 1.28. The van der Waals surface area contributed by atoms with Gasteiger partial charge in [-0.15, -0.1) is 0 Å². The van der Waals surface area contributed by atoms with E-state index in [0.29, 0.717) is 28.6 Å². The van der Waals surface area contributed by atoms with Crippen LogP contribution in [-0.4, -0.2) is 40.5 Å². The molecule has 0 spiro atoms. The second-order valence-corrected chi connectivity index (χ2v) is 11.1. The minimum Gasteiger partial charge on any atom is -0.457 e. The zero-order valence-electron chi connectivity index (χ0n) is 22.0. The average molecular weight is 558 g/mol. The quantitative estimate of drug-likeness (QED) is 0.216. The molecule has 40 heavy (non-hydrogen) atoms. The number of amides is 2. The third-order valence-corrected chi connectivity index (χ3v) is 6.37. The fourth-order valence-electron chi connectivity index (χ4n) is 3.94. The first-order chi connectivity index (χ1) is 19.1. The van der Waals surface area contributed by atoms with Crippen molar-refractivity contribution in [3.63, 3.8) is 0 Å². The van der Waals surface area contributed by atoms with Crippen LogP contribution in [0.25, 0.3) is 22.0 Å². The summed E-state index contributed by atoms with van der Waals surface area (Å²) in [4.78, 5) is 21.0. The second-order valence-electron chi connectivity index (χ2n) is 9.36. The molecule has 0 saturated carbocycles. The Morgan fingerprint density at radius 2 is 1.73 bits per heavy atom. The number of sulfonamides is 1. The smallest absolute Gasteiger partial charge is 0.323 e. The van der Waals surface area contributed by atoms with Crippen LogP contribution in [0, 0.1) is 0 Å². The zero-order chi connectivity index (χ0) is 28.3. The van der Waals surface area contributed by atoms with Crippen LogP contribution in [-0.2, 0) is 10.0 Å². The molecule has 5 aromatic rings. The van der Waals surface area contributed by atoms with Crippen LogP contribution in [0.15, 0.2) is 85.5 Å². The number of urea groups is 1. The lowest BCUT2D eigenvalue weighted by atomic mass is 10.1. The summed E-state index contributed by atoms with van der Waals surface area (Å²) in [6, 6.07) is 17.4. The third-order valence-electron chi connectivity index (χ3n) is 5.79. The number of carbonyl (C=O) groups excluding carboxylic acids is 1. The van der Waals surface area contributed by atoms with Gasteiger partial charge in [-0.1, -0.05) is 12.1 Å². The average Bonchev–Trinajstić information content (AvgIpc) is 3.33. The van der Waals surface area contributed by atoms with Gasteiger partial charge in [-0.25, -0.2) is 18.2 Å². The number of nitrogens with one attached hydrogen (secondary N) is 3. The van der Waals surface area contributed by atoms with Gasteiger partial charge in [0.05, 0.1) is 11.9 Å². The molecule has 0 saturated heterocycles. The molecule has 2 aromatic carbocycles. The van der Waals surface area contributed by atoms with Gasteiger partial charge in [-0.2, -0.15) is 5.10 Å². The van der Waals surface area contributed by atoms with Crippen molar-refractivity contribution < 1.29 is 17.9 Å². The highest BCUT2D eigenvalue weighted by Gasteiger charge is 2.16. The summed E-state index contributed by atoms with van der Waals surface area (Å²) in [7, 11) is -3.46. The molecule has 0 bridgehead atoms. The first-order valence-electron chi connectivity index (χ1n) is 12.4. The minimum atomic E-state index is -3.46. The number of rotatable bonds is 8. The van der Waals surface area contributed by atoms with Gasteiger partial charge in [-0.05, 0) is 61.7 Å². The summed E-state index contributed by atoms with van der Waals surface area (Å²) in [5, 5.41) is 12.5. The predicted molar refractivity (Wildman–Crippen MR) is 155 cm³/mol. The molecule has 5 rings (SSSR count). The van der Waals surface area contributed by atoms with Crippen molar-refractivity contribution >= 4 is 44.0 Å². The number of ether oxygens (including phenoxy) is 1. The first-order valence-corrected chi connectivity index (χ1v) is 14.3. The maximum Gasteiger partial charge on any atom is 0.323 e. The standard InChI is InChI=1S/C28H27N7O4S/c1-18(2)35-17-25(27(33-35)20-4-5-21-16-29-12-10-19(21)14-20)32-28(36)31-22-6-8-23(9-7-22)39-24-11-13-30-26(15-24)34-40(3,37)38/h4-18H,1-3H3,(H,30,34)(H2,31,32,36). The lowest BCUT2D eigenvalue weighted by Gasteiger charge is -2.10. The molecular formula is C28H27N7O4S. The highest BCUT2D eigenvalue weighted by molar-refractivity contribution is 7.92. The van der Waals surface area contributed by atoms with Crippen molar-refractivity contribution in [3.05, 3.63) is 85.5 Å². The number of aromatic nitrogens is 4. The number of nitrogens with zero attached hydrogens (tertiary/aromatic N) is 4. The summed E-state index contributed by atoms with van der Waals surface area (Å²) >= 11 is 0. The van der Waals surface area contributed by atoms with E-state index >= 15 is 0 Å². The van der Waals surface area contributed by atoms with Crippen molar-refractivity contribution in [2.24, 2.45) is 0 Å². The number of pyridine rings is 2. The van der Waals surface area contributed by atoms with E-state index in [2.05, 4.69) is 25.3 Å². The summed E-state index contributed by atoms with van der Waals surface area (Å²) in [6.07, 6.45) is 7.84. The Morgan fingerprint density at radius 3 is 2.48 bits per heavy atom. The largest absolute Gasteiger partial charge is 0.457 e. The monoisotopic (exact) mass is 557 g/mol. The van der Waals surface area contributed by atoms with Crippen molar-refractivity contribution in [3.8, 4) is 22.8 Å². The van der Waals surface area contributed by atoms with Crippen LogP contribution in [0.5, 0.6) is 11.5 Å². The van der Waals surface area contributed by atoms with E-state index in [0.717, 1.165) is 22.6 Å². The maximum atomic E-state index is 12.9. The molecular weight excluding hydrogens is 530 g/mol. The zero-order valence-corrected chi connectivity index (χ0v) is 22.8. The van der Waals surface area contributed by atoms with Gasteiger partial charge in [0.2, 0.25) is 10.0 Å². The summed E-state index contributed by atoms with van der Waals surface area (Å²) in [5.41, 5.74) is 2.67. The van der Waals surface area contributed by atoms with Crippen LogP contribution in [0.4, 0.5) is 22.0 Å². The van der Waals surface area contributed by atoms with Crippen LogP contribution >= 0.6 is 0 Å². The van der Waals surface area contributed by atoms with E-state index in [-0.39, 0.29) is 11.9 Å². The Morgan fingerprint density at radius 1 is 0.925 bits per heavy atom. The molecule has 0 aliphatic carbocycles. The molecule has 204 valence electrons. The van der Waals surface area contributed by atoms with E-state index in [4.69, 9.17) is 9.84 Å². The van der Waals surface area contributed by atoms with Gasteiger partial charge in [-0.3, -0.25) is 14.4 Å². The molecule has 3 heterocycles. The van der Waals surface area contributed by atoms with Crippen LogP contribution in [0.1, 0.15) is 19.9 Å². The van der Waals surface area contributed by atoms with Gasteiger partial charge in [0, 0.05) is 53.5 Å². The van der Waals surface area contributed by atoms with Crippen molar-refractivity contribution in [1.29, 1.82) is 0 Å². The molecule has 0 fully saturated rings. The highest BCUT2D eigenvalue weighted by Crippen LogP contribution is 2.31. The Kier molecular flexibility index (Phi) is 7.34. The lowest BCUT2D eigenvalue weighted by molar-refractivity contribution is 0.262. The third kappa shape index (κ3) is 6.53. The van der Waals surface area contributed by atoms with E-state index in [1.54, 1.807) is 42.7 Å². The highest BCUT2D eigenvalue weighted by atomic mass is 32.2. The van der Waals surface area contributed by atoms with Gasteiger partial charge in [0.25, 0.3) is 0 Å². The molecule has 0 atom stereocenters. The Hall–Kier alpha value is -4.97. The molecule has 0 unspecified atom stereocenters. The van der Waals surface area contributed by atoms with Gasteiger partial charge in [0.15, 0.2) is 0 Å². The number of anilines is 3. The number of fused-ring (bicyclic) bond motifs is 1. The van der Waals surface area contributed by atoms with Gasteiger partial charge >= 0.3 is 6.03 Å². The molecule has 3 N–H and O–H groups in total. The fraction of sp³-hybridized carbons (Fsp3) is 0.143. The molecule has 3 aromatic heterocycles. The van der Waals surface area contributed by atoms with Crippen molar-refractivity contribution in [2.45, 2.75) is 19.9 Å². The maximum absolute atomic E-state index is 12.9. The number of hydrogen-bond donors (Lipinski definition) is 3. The molecule has 0 aliphatic rings. The fourth-order valence-corrected chi connectivity index (χ4v) is 4.43. The molecule has 0 radical (unpaired) electrons. The van der Waals surface area contributed by atoms with Gasteiger partial charge < -0.3 is 15.4 Å². The van der Waals surface area contributed by atoms with E-state index < -0.39 is 16.1 Å². The Labute approximate surface area is 231 Å². The van der Waals surface area contributed by atoms with Crippen molar-refractivity contribution in [1.82, 2.24) is 19.7 Å². The number of carbonyl (C=O) groups is 1. The predicted octanol–water partition coefficient (Wildman–Crippen LogP) is 5.88. The minimum absolute atomic E-state index is 0.105. The van der Waals surface area contributed by atoms with E-state index in [1.165, 1.54) is 12.3 Å². The molecule has 2 amide bonds. The van der Waals surface area contributed by atoms with E-state index in [1.807, 2.05) is 49.0 Å². The molecule has 12 heteroatoms. The molecule has 0 aliphatic heterocycles. The topological polar surface area (TPSA) is 140 Å². The lowest BCUT2D eigenvalue weighted by Crippen LogP contribution is -2.19. The Bertz CT molecular complexity index is 1780. The van der Waals surface area contributed by atoms with Crippen LogP contribution < -0.4 is 20.1 Å². The first kappa shape index (κ1) is 26.6. The van der Waals surface area contributed by atoms with Crippen LogP contribution in [0.3, 0.4) is 0 Å². The second kappa shape index (κ2) is 11.0. The van der Waals surface area contributed by atoms with E-state index in [9.17, 15) is 13.2 Å². The number of hydrogen-bond acceptors (Lipinski definition) is 7. The number of benzene rings is 2. The normalized spacial score (nSPS) is 11.4. The van der Waals surface area contributed by atoms with Crippen LogP contribution in [0.2, 0.25) is 0 Å².